The zero-order chi connectivity index (χ0) is 12.0. The van der Waals surface area contributed by atoms with Gasteiger partial charge in [-0.1, -0.05) is 0 Å². The minimum absolute atomic E-state index is 0.102. The summed E-state index contributed by atoms with van der Waals surface area (Å²) in [6, 6.07) is 0. The summed E-state index contributed by atoms with van der Waals surface area (Å²) >= 11 is 0. The van der Waals surface area contributed by atoms with Crippen molar-refractivity contribution in [2.75, 3.05) is 11.9 Å². The van der Waals surface area contributed by atoms with Crippen LogP contribution in [0.1, 0.15) is 6.92 Å². The number of aromatic nitrogens is 4. The monoisotopic (exact) mass is 257 g/mol. The van der Waals surface area contributed by atoms with E-state index in [1.54, 1.807) is 0 Å². The smallest absolute Gasteiger partial charge is 0.354 e. The first-order valence-corrected chi connectivity index (χ1v) is 6.06. The molecule has 9 nitrogen and oxygen atoms in total. The molecule has 0 atom stereocenters. The van der Waals surface area contributed by atoms with Crippen molar-refractivity contribution in [3.05, 3.63) is 6.33 Å². The fourth-order valence-corrected chi connectivity index (χ4v) is 2.08. The van der Waals surface area contributed by atoms with E-state index in [-0.39, 0.29) is 17.3 Å². The molecule has 1 aliphatic rings. The van der Waals surface area contributed by atoms with Gasteiger partial charge in [-0.3, -0.25) is 4.28 Å². The minimum Gasteiger partial charge on any atom is -0.354 e. The molecule has 0 unspecified atom stereocenters. The first-order valence-electron chi connectivity index (χ1n) is 4.72. The van der Waals surface area contributed by atoms with Gasteiger partial charge >= 0.3 is 10.4 Å². The predicted octanol–water partition coefficient (Wildman–Crippen LogP) is -0.676. The fraction of sp³-hybridized carbons (Fsp3) is 0.286. The van der Waals surface area contributed by atoms with Crippen molar-refractivity contribution in [3.63, 3.8) is 0 Å². The van der Waals surface area contributed by atoms with Gasteiger partial charge in [-0.15, -0.1) is 13.1 Å². The molecule has 1 aliphatic heterocycles. The van der Waals surface area contributed by atoms with Crippen LogP contribution in [-0.2, 0) is 10.4 Å². The summed E-state index contributed by atoms with van der Waals surface area (Å²) in [5.74, 6) is 0.145. The molecule has 0 bridgehead atoms. The largest absolute Gasteiger partial charge is 0.522 e. The van der Waals surface area contributed by atoms with E-state index in [0.717, 1.165) is 4.73 Å². The minimum atomic E-state index is -4.14. The highest BCUT2D eigenvalue weighted by atomic mass is 32.3. The lowest BCUT2D eigenvalue weighted by Crippen LogP contribution is -2.29. The van der Waals surface area contributed by atoms with Crippen molar-refractivity contribution < 1.29 is 16.9 Å². The third kappa shape index (κ3) is 1.53. The van der Waals surface area contributed by atoms with Crippen LogP contribution in [0.4, 0.5) is 5.95 Å². The SMILES string of the molecule is CCNc1nc2c3c(ncn3OS(=O)(=O)O2)n1. The van der Waals surface area contributed by atoms with Gasteiger partial charge in [0.15, 0.2) is 11.2 Å². The van der Waals surface area contributed by atoms with Gasteiger partial charge in [0.25, 0.3) is 5.88 Å². The van der Waals surface area contributed by atoms with Gasteiger partial charge in [-0.05, 0) is 6.92 Å². The van der Waals surface area contributed by atoms with Crippen LogP contribution in [0.25, 0.3) is 11.2 Å². The Morgan fingerprint density at radius 3 is 3.06 bits per heavy atom. The number of anilines is 1. The lowest BCUT2D eigenvalue weighted by atomic mass is 10.5. The lowest BCUT2D eigenvalue weighted by Gasteiger charge is -2.14. The van der Waals surface area contributed by atoms with Crippen molar-refractivity contribution in [2.45, 2.75) is 6.92 Å². The van der Waals surface area contributed by atoms with E-state index in [9.17, 15) is 8.42 Å². The Labute approximate surface area is 95.7 Å². The van der Waals surface area contributed by atoms with Crippen LogP contribution in [0, 0.1) is 0 Å². The molecular formula is C7H7N5O4S. The highest BCUT2D eigenvalue weighted by Crippen LogP contribution is 2.27. The molecule has 0 radical (unpaired) electrons. The highest BCUT2D eigenvalue weighted by Gasteiger charge is 2.29. The van der Waals surface area contributed by atoms with Gasteiger partial charge in [0.1, 0.15) is 6.33 Å². The summed E-state index contributed by atoms with van der Waals surface area (Å²) in [5, 5.41) is 2.85. The number of hydrogen-bond donors (Lipinski definition) is 1. The van der Waals surface area contributed by atoms with Crippen molar-refractivity contribution in [1.29, 1.82) is 0 Å². The van der Waals surface area contributed by atoms with Gasteiger partial charge in [-0.25, -0.2) is 4.98 Å². The maximum absolute atomic E-state index is 11.2. The second-order valence-corrected chi connectivity index (χ2v) is 4.32. The molecule has 3 rings (SSSR count). The van der Waals surface area contributed by atoms with Crippen LogP contribution < -0.4 is 13.8 Å². The second-order valence-electron chi connectivity index (χ2n) is 3.19. The van der Waals surface area contributed by atoms with Crippen LogP contribution in [0.2, 0.25) is 0 Å². The molecule has 0 saturated heterocycles. The molecule has 0 aromatic carbocycles. The Bertz CT molecular complexity index is 694. The second kappa shape index (κ2) is 3.20. The average molecular weight is 257 g/mol. The third-order valence-corrected chi connectivity index (χ3v) is 2.73. The molecule has 10 heteroatoms. The summed E-state index contributed by atoms with van der Waals surface area (Å²) in [6.45, 7) is 2.45. The zero-order valence-corrected chi connectivity index (χ0v) is 9.43. The van der Waals surface area contributed by atoms with Crippen LogP contribution in [0.3, 0.4) is 0 Å². The molecule has 90 valence electrons. The molecule has 0 saturated carbocycles. The van der Waals surface area contributed by atoms with Crippen molar-refractivity contribution >= 4 is 27.5 Å². The molecule has 1 N–H and O–H groups in total. The molecule has 0 aliphatic carbocycles. The summed E-state index contributed by atoms with van der Waals surface area (Å²) < 4.78 is 32.6. The van der Waals surface area contributed by atoms with Gasteiger partial charge in [0.05, 0.1) is 0 Å². The summed E-state index contributed by atoms with van der Waals surface area (Å²) in [6.07, 6.45) is 1.19. The number of imidazole rings is 1. The van der Waals surface area contributed by atoms with Crippen molar-refractivity contribution in [2.24, 2.45) is 0 Å². The molecule has 0 spiro atoms. The van der Waals surface area contributed by atoms with Crippen LogP contribution in [0.15, 0.2) is 6.33 Å². The maximum atomic E-state index is 11.2. The van der Waals surface area contributed by atoms with Crippen molar-refractivity contribution in [1.82, 2.24) is 19.7 Å². The number of hydrogen-bond acceptors (Lipinski definition) is 8. The Hall–Kier alpha value is -2.10. The van der Waals surface area contributed by atoms with Crippen LogP contribution in [0.5, 0.6) is 5.88 Å². The quantitative estimate of drug-likeness (QED) is 0.754. The van der Waals surface area contributed by atoms with Gasteiger partial charge in [0.2, 0.25) is 5.95 Å². The van der Waals surface area contributed by atoms with E-state index in [1.165, 1.54) is 6.33 Å². The Morgan fingerprint density at radius 1 is 1.47 bits per heavy atom. The number of nitrogens with one attached hydrogen (secondary N) is 1. The fourth-order valence-electron chi connectivity index (χ4n) is 1.43. The Morgan fingerprint density at radius 2 is 2.29 bits per heavy atom. The normalized spacial score (nSPS) is 16.3. The van der Waals surface area contributed by atoms with Crippen molar-refractivity contribution in [3.8, 4) is 5.88 Å². The van der Waals surface area contributed by atoms with Gasteiger partial charge in [-0.2, -0.15) is 9.97 Å². The summed E-state index contributed by atoms with van der Waals surface area (Å²) in [7, 11) is -4.14. The van der Waals surface area contributed by atoms with E-state index in [0.29, 0.717) is 12.2 Å². The first-order chi connectivity index (χ1) is 8.09. The Kier molecular flexibility index (Phi) is 1.90. The molecular weight excluding hydrogens is 250 g/mol. The zero-order valence-electron chi connectivity index (χ0n) is 8.61. The number of rotatable bonds is 2. The Balaban J connectivity index is 2.26. The summed E-state index contributed by atoms with van der Waals surface area (Å²) in [4.78, 5) is 11.9. The molecule has 2 aromatic rings. The highest BCUT2D eigenvalue weighted by molar-refractivity contribution is 7.82. The predicted molar refractivity (Wildman–Crippen MR) is 55.6 cm³/mol. The number of nitrogens with zero attached hydrogens (tertiary/aromatic N) is 4. The topological polar surface area (TPSA) is 108 Å². The van der Waals surface area contributed by atoms with Gasteiger partial charge in [0, 0.05) is 6.54 Å². The van der Waals surface area contributed by atoms with Gasteiger partial charge < -0.3 is 9.50 Å². The standard InChI is InChI=1S/C7H7N5O4S/c1-2-8-7-10-5-4-6(11-7)15-17(13,14)16-12(4)3-9-5/h3H,2H2,1H3,(H,8,10,11). The van der Waals surface area contributed by atoms with E-state index >= 15 is 0 Å². The van der Waals surface area contributed by atoms with E-state index in [1.807, 2.05) is 6.92 Å². The maximum Gasteiger partial charge on any atom is 0.522 e. The molecule has 17 heavy (non-hydrogen) atoms. The van der Waals surface area contributed by atoms with E-state index in [2.05, 4.69) is 28.7 Å². The first kappa shape index (κ1) is 10.1. The lowest BCUT2D eigenvalue weighted by molar-refractivity contribution is 0.235. The van der Waals surface area contributed by atoms with Crippen LogP contribution in [-0.4, -0.2) is 34.6 Å². The third-order valence-electron chi connectivity index (χ3n) is 2.03. The van der Waals surface area contributed by atoms with Crippen LogP contribution >= 0.6 is 0 Å². The average Bonchev–Trinajstić information content (AvgIpc) is 2.60. The molecule has 3 heterocycles. The van der Waals surface area contributed by atoms with E-state index < -0.39 is 10.4 Å². The summed E-state index contributed by atoms with van der Waals surface area (Å²) in [5.41, 5.74) is 0.572. The van der Waals surface area contributed by atoms with E-state index in [4.69, 9.17) is 0 Å². The molecule has 2 aromatic heterocycles. The molecule has 0 fully saturated rings. The molecule has 0 amide bonds.